The molecule has 98 valence electrons. The fourth-order valence-corrected chi connectivity index (χ4v) is 2.87. The van der Waals surface area contributed by atoms with Crippen LogP contribution >= 0.6 is 15.9 Å². The molecule has 0 spiro atoms. The van der Waals surface area contributed by atoms with E-state index >= 15 is 0 Å². The number of hydrogen-bond acceptors (Lipinski definition) is 2. The Morgan fingerprint density at radius 1 is 1.44 bits per heavy atom. The quantitative estimate of drug-likeness (QED) is 0.913. The van der Waals surface area contributed by atoms with E-state index in [-0.39, 0.29) is 11.7 Å². The summed E-state index contributed by atoms with van der Waals surface area (Å²) in [7, 11) is 0. The number of ether oxygens (including phenoxy) is 1. The molecule has 1 fully saturated rings. The number of carboxylic acid groups (broad SMARTS) is 1. The van der Waals surface area contributed by atoms with E-state index in [2.05, 4.69) is 22.9 Å². The van der Waals surface area contributed by atoms with Gasteiger partial charge in [-0.25, -0.2) is 4.79 Å². The molecule has 18 heavy (non-hydrogen) atoms. The largest absolute Gasteiger partial charge is 0.489 e. The lowest BCUT2D eigenvalue weighted by atomic mass is 9.89. The Balaban J connectivity index is 2.07. The summed E-state index contributed by atoms with van der Waals surface area (Å²) < 4.78 is 6.66. The van der Waals surface area contributed by atoms with E-state index in [1.165, 1.54) is 12.8 Å². The highest BCUT2D eigenvalue weighted by Crippen LogP contribution is 2.31. The Morgan fingerprint density at radius 2 is 2.22 bits per heavy atom. The zero-order valence-corrected chi connectivity index (χ0v) is 11.9. The second-order valence-corrected chi connectivity index (χ2v) is 5.82. The molecule has 1 saturated carbocycles. The summed E-state index contributed by atoms with van der Waals surface area (Å²) in [5.74, 6) is 0.522. The molecule has 1 aromatic carbocycles. The van der Waals surface area contributed by atoms with Gasteiger partial charge in [-0.05, 0) is 59.3 Å². The first-order valence-electron chi connectivity index (χ1n) is 6.25. The van der Waals surface area contributed by atoms with Crippen LogP contribution in [-0.2, 0) is 0 Å². The fourth-order valence-electron chi connectivity index (χ4n) is 2.39. The number of benzene rings is 1. The monoisotopic (exact) mass is 312 g/mol. The maximum absolute atomic E-state index is 10.8. The summed E-state index contributed by atoms with van der Waals surface area (Å²) in [5, 5.41) is 8.89. The van der Waals surface area contributed by atoms with Crippen LogP contribution in [-0.4, -0.2) is 17.2 Å². The predicted molar refractivity (Wildman–Crippen MR) is 73.1 cm³/mol. The van der Waals surface area contributed by atoms with Gasteiger partial charge in [0.15, 0.2) is 0 Å². The van der Waals surface area contributed by atoms with E-state index in [0.29, 0.717) is 10.4 Å². The minimum absolute atomic E-state index is 0.251. The highest BCUT2D eigenvalue weighted by atomic mass is 79.9. The number of carboxylic acids is 1. The normalized spacial score (nSPS) is 23.7. The third-order valence-electron chi connectivity index (χ3n) is 3.36. The molecule has 0 bridgehead atoms. The van der Waals surface area contributed by atoms with E-state index in [1.807, 2.05) is 0 Å². The van der Waals surface area contributed by atoms with Crippen LogP contribution in [0.25, 0.3) is 0 Å². The van der Waals surface area contributed by atoms with Crippen molar-refractivity contribution in [3.63, 3.8) is 0 Å². The van der Waals surface area contributed by atoms with Crippen molar-refractivity contribution >= 4 is 21.9 Å². The van der Waals surface area contributed by atoms with E-state index in [0.717, 1.165) is 18.6 Å². The molecular weight excluding hydrogens is 296 g/mol. The molecule has 0 aromatic heterocycles. The van der Waals surface area contributed by atoms with Gasteiger partial charge in [0, 0.05) is 0 Å². The lowest BCUT2D eigenvalue weighted by Crippen LogP contribution is -2.24. The summed E-state index contributed by atoms with van der Waals surface area (Å²) >= 11 is 3.37. The highest BCUT2D eigenvalue weighted by molar-refractivity contribution is 9.10. The Labute approximate surface area is 115 Å². The predicted octanol–water partition coefficient (Wildman–Crippen LogP) is 4.10. The van der Waals surface area contributed by atoms with Crippen LogP contribution in [0, 0.1) is 5.92 Å². The van der Waals surface area contributed by atoms with Crippen LogP contribution in [0.2, 0.25) is 0 Å². The molecular formula is C14H17BrO3. The average Bonchev–Trinajstić information content (AvgIpc) is 2.31. The number of aromatic carboxylic acids is 1. The Morgan fingerprint density at radius 3 is 2.83 bits per heavy atom. The standard InChI is InChI=1S/C14H17BrO3/c1-9-3-2-4-11(7-9)18-13-6-5-10(14(16)17)8-12(13)15/h5-6,8-9,11H,2-4,7H2,1H3,(H,16,17). The van der Waals surface area contributed by atoms with Crippen molar-refractivity contribution in [1.29, 1.82) is 0 Å². The van der Waals surface area contributed by atoms with Crippen molar-refractivity contribution in [2.45, 2.75) is 38.7 Å². The Kier molecular flexibility index (Phi) is 4.27. The molecule has 0 saturated heterocycles. The number of hydrogen-bond donors (Lipinski definition) is 1. The van der Waals surface area contributed by atoms with E-state index in [1.54, 1.807) is 18.2 Å². The molecule has 0 amide bonds. The van der Waals surface area contributed by atoms with Crippen molar-refractivity contribution in [3.05, 3.63) is 28.2 Å². The van der Waals surface area contributed by atoms with Crippen molar-refractivity contribution in [1.82, 2.24) is 0 Å². The van der Waals surface area contributed by atoms with Gasteiger partial charge in [-0.3, -0.25) is 0 Å². The molecule has 1 aromatic rings. The highest BCUT2D eigenvalue weighted by Gasteiger charge is 2.21. The lowest BCUT2D eigenvalue weighted by Gasteiger charge is -2.27. The van der Waals surface area contributed by atoms with Gasteiger partial charge in [0.05, 0.1) is 16.1 Å². The zero-order chi connectivity index (χ0) is 13.1. The second-order valence-electron chi connectivity index (χ2n) is 4.96. The SMILES string of the molecule is CC1CCCC(Oc2ccc(C(=O)O)cc2Br)C1. The molecule has 2 atom stereocenters. The molecule has 1 N–H and O–H groups in total. The first-order valence-corrected chi connectivity index (χ1v) is 7.05. The Bertz CT molecular complexity index is 445. The van der Waals surface area contributed by atoms with Crippen LogP contribution in [0.5, 0.6) is 5.75 Å². The molecule has 0 aliphatic heterocycles. The smallest absolute Gasteiger partial charge is 0.335 e. The lowest BCUT2D eigenvalue weighted by molar-refractivity contribution is 0.0696. The van der Waals surface area contributed by atoms with Gasteiger partial charge in [0.2, 0.25) is 0 Å². The first-order chi connectivity index (χ1) is 8.56. The first kappa shape index (κ1) is 13.4. The molecule has 1 aliphatic carbocycles. The van der Waals surface area contributed by atoms with Crippen LogP contribution < -0.4 is 4.74 Å². The topological polar surface area (TPSA) is 46.5 Å². The molecule has 2 rings (SSSR count). The maximum Gasteiger partial charge on any atom is 0.335 e. The summed E-state index contributed by atoms with van der Waals surface area (Å²) in [6, 6.07) is 4.89. The van der Waals surface area contributed by atoms with E-state index in [9.17, 15) is 4.79 Å². The molecule has 0 radical (unpaired) electrons. The zero-order valence-electron chi connectivity index (χ0n) is 10.4. The van der Waals surface area contributed by atoms with Gasteiger partial charge in [-0.15, -0.1) is 0 Å². The molecule has 4 heteroatoms. The minimum Gasteiger partial charge on any atom is -0.489 e. The van der Waals surface area contributed by atoms with Crippen LogP contribution in [0.1, 0.15) is 43.0 Å². The van der Waals surface area contributed by atoms with Crippen molar-refractivity contribution in [3.8, 4) is 5.75 Å². The van der Waals surface area contributed by atoms with E-state index in [4.69, 9.17) is 9.84 Å². The number of halogens is 1. The van der Waals surface area contributed by atoms with Gasteiger partial charge in [0.1, 0.15) is 5.75 Å². The third kappa shape index (κ3) is 3.25. The van der Waals surface area contributed by atoms with Crippen molar-refractivity contribution < 1.29 is 14.6 Å². The summed E-state index contributed by atoms with van der Waals surface area (Å²) in [5.41, 5.74) is 0.270. The molecule has 2 unspecified atom stereocenters. The van der Waals surface area contributed by atoms with Crippen LogP contribution in [0.3, 0.4) is 0 Å². The molecule has 0 heterocycles. The average molecular weight is 313 g/mol. The molecule has 1 aliphatic rings. The maximum atomic E-state index is 10.8. The van der Waals surface area contributed by atoms with Gasteiger partial charge >= 0.3 is 5.97 Å². The van der Waals surface area contributed by atoms with Gasteiger partial charge < -0.3 is 9.84 Å². The Hall–Kier alpha value is -1.03. The van der Waals surface area contributed by atoms with Crippen LogP contribution in [0.4, 0.5) is 0 Å². The summed E-state index contributed by atoms with van der Waals surface area (Å²) in [6.07, 6.45) is 4.89. The van der Waals surface area contributed by atoms with E-state index < -0.39 is 5.97 Å². The van der Waals surface area contributed by atoms with Crippen molar-refractivity contribution in [2.75, 3.05) is 0 Å². The summed E-state index contributed by atoms with van der Waals surface area (Å²) in [4.78, 5) is 10.8. The van der Waals surface area contributed by atoms with Gasteiger partial charge in [-0.1, -0.05) is 13.3 Å². The number of carbonyl (C=O) groups is 1. The van der Waals surface area contributed by atoms with Gasteiger partial charge in [0.25, 0.3) is 0 Å². The summed E-state index contributed by atoms with van der Waals surface area (Å²) in [6.45, 7) is 2.25. The third-order valence-corrected chi connectivity index (χ3v) is 3.98. The second kappa shape index (κ2) is 5.74. The molecule has 3 nitrogen and oxygen atoms in total. The number of rotatable bonds is 3. The van der Waals surface area contributed by atoms with Gasteiger partial charge in [-0.2, -0.15) is 0 Å². The minimum atomic E-state index is -0.923. The van der Waals surface area contributed by atoms with Crippen molar-refractivity contribution in [2.24, 2.45) is 5.92 Å². The van der Waals surface area contributed by atoms with Crippen LogP contribution in [0.15, 0.2) is 22.7 Å². The fraction of sp³-hybridized carbons (Fsp3) is 0.500.